The van der Waals surface area contributed by atoms with Crippen molar-refractivity contribution in [1.82, 2.24) is 4.90 Å². The lowest BCUT2D eigenvalue weighted by atomic mass is 10.1. The number of methoxy groups -OCH3 is 1. The zero-order chi connectivity index (χ0) is 13.0. The smallest absolute Gasteiger partial charge is 0.180 e. The van der Waals surface area contributed by atoms with Crippen molar-refractivity contribution in [1.29, 1.82) is 0 Å². The average molecular weight is 247 g/mol. The molecule has 0 spiro atoms. The van der Waals surface area contributed by atoms with Crippen LogP contribution in [0, 0.1) is 0 Å². The summed E-state index contributed by atoms with van der Waals surface area (Å²) in [4.78, 5) is 14.1. The molecule has 0 amide bonds. The predicted molar refractivity (Wildman–Crippen MR) is 69.9 cm³/mol. The minimum absolute atomic E-state index is 0.0681. The second-order valence-electron chi connectivity index (χ2n) is 4.30. The van der Waals surface area contributed by atoms with E-state index in [0.717, 1.165) is 17.5 Å². The van der Waals surface area contributed by atoms with E-state index in [-0.39, 0.29) is 5.78 Å². The van der Waals surface area contributed by atoms with Gasteiger partial charge < -0.3 is 9.15 Å². The molecule has 0 aliphatic heterocycles. The number of carbonyl (C=O) groups excluding carboxylic acids is 1. The van der Waals surface area contributed by atoms with Gasteiger partial charge in [-0.25, -0.2) is 0 Å². The molecule has 0 fully saturated rings. The van der Waals surface area contributed by atoms with Gasteiger partial charge in [-0.15, -0.1) is 0 Å². The molecule has 0 saturated carbocycles. The summed E-state index contributed by atoms with van der Waals surface area (Å²) in [7, 11) is 3.55. The number of carbonyl (C=O) groups is 1. The van der Waals surface area contributed by atoms with Crippen molar-refractivity contribution < 1.29 is 13.9 Å². The highest BCUT2D eigenvalue weighted by atomic mass is 16.5. The lowest BCUT2D eigenvalue weighted by molar-refractivity contribution is 0.0923. The minimum Gasteiger partial charge on any atom is -0.464 e. The number of rotatable bonds is 6. The number of furan rings is 1. The molecule has 0 bridgehead atoms. The monoisotopic (exact) mass is 247 g/mol. The summed E-state index contributed by atoms with van der Waals surface area (Å²) in [5.74, 6) is 0.0681. The molecule has 0 N–H and O–H groups in total. The molecule has 0 aliphatic rings. The van der Waals surface area contributed by atoms with Gasteiger partial charge in [-0.05, 0) is 13.1 Å². The van der Waals surface area contributed by atoms with Crippen molar-refractivity contribution in [2.45, 2.75) is 0 Å². The Bertz CT molecular complexity index is 533. The Kier molecular flexibility index (Phi) is 4.12. The van der Waals surface area contributed by atoms with Gasteiger partial charge >= 0.3 is 0 Å². The van der Waals surface area contributed by atoms with Crippen LogP contribution in [-0.4, -0.2) is 44.5 Å². The summed E-state index contributed by atoms with van der Waals surface area (Å²) in [6.45, 7) is 1.72. The van der Waals surface area contributed by atoms with Crippen molar-refractivity contribution in [3.63, 3.8) is 0 Å². The zero-order valence-electron chi connectivity index (χ0n) is 10.7. The fourth-order valence-corrected chi connectivity index (χ4v) is 1.85. The number of ether oxygens (including phenoxy) is 1. The molecule has 2 aromatic rings. The molecule has 1 aromatic carbocycles. The molecule has 18 heavy (non-hydrogen) atoms. The first-order valence-electron chi connectivity index (χ1n) is 5.89. The third-order valence-electron chi connectivity index (χ3n) is 2.87. The number of likely N-dealkylation sites (N-methyl/N-ethyl adjacent to an activating group) is 1. The maximum Gasteiger partial charge on any atom is 0.180 e. The quantitative estimate of drug-likeness (QED) is 0.734. The molecule has 0 unspecified atom stereocenters. The highest BCUT2D eigenvalue weighted by Gasteiger charge is 2.14. The summed E-state index contributed by atoms with van der Waals surface area (Å²) in [6, 6.07) is 7.57. The molecule has 2 rings (SSSR count). The Morgan fingerprint density at radius 2 is 2.17 bits per heavy atom. The highest BCUT2D eigenvalue weighted by molar-refractivity contribution is 6.08. The van der Waals surface area contributed by atoms with Crippen molar-refractivity contribution in [2.24, 2.45) is 0 Å². The van der Waals surface area contributed by atoms with E-state index in [4.69, 9.17) is 9.15 Å². The highest BCUT2D eigenvalue weighted by Crippen LogP contribution is 2.21. The number of nitrogens with zero attached hydrogens (tertiary/aromatic N) is 1. The van der Waals surface area contributed by atoms with Crippen molar-refractivity contribution in [2.75, 3.05) is 33.9 Å². The Morgan fingerprint density at radius 3 is 2.94 bits per heavy atom. The molecule has 1 heterocycles. The van der Waals surface area contributed by atoms with Crippen LogP contribution in [0.25, 0.3) is 11.0 Å². The molecule has 0 radical (unpaired) electrons. The topological polar surface area (TPSA) is 42.7 Å². The van der Waals surface area contributed by atoms with Gasteiger partial charge in [-0.3, -0.25) is 9.69 Å². The van der Waals surface area contributed by atoms with Crippen LogP contribution in [0.2, 0.25) is 0 Å². The summed E-state index contributed by atoms with van der Waals surface area (Å²) < 4.78 is 10.4. The van der Waals surface area contributed by atoms with Crippen molar-refractivity contribution in [3.8, 4) is 0 Å². The van der Waals surface area contributed by atoms with Crippen LogP contribution in [-0.2, 0) is 4.74 Å². The van der Waals surface area contributed by atoms with Gasteiger partial charge in [0.15, 0.2) is 5.78 Å². The van der Waals surface area contributed by atoms with Crippen LogP contribution in [0.1, 0.15) is 10.4 Å². The first-order chi connectivity index (χ1) is 8.72. The van der Waals surface area contributed by atoms with Gasteiger partial charge in [-0.1, -0.05) is 18.2 Å². The SMILES string of the molecule is COCCN(C)CC(=O)c1coc2ccccc12. The second-order valence-corrected chi connectivity index (χ2v) is 4.30. The van der Waals surface area contributed by atoms with Crippen LogP contribution >= 0.6 is 0 Å². The van der Waals surface area contributed by atoms with Gasteiger partial charge in [0.1, 0.15) is 11.8 Å². The summed E-state index contributed by atoms with van der Waals surface area (Å²) in [5.41, 5.74) is 1.40. The average Bonchev–Trinajstić information content (AvgIpc) is 2.80. The number of para-hydroxylation sites is 1. The number of ketones is 1. The van der Waals surface area contributed by atoms with Crippen LogP contribution < -0.4 is 0 Å². The summed E-state index contributed by atoms with van der Waals surface area (Å²) in [5, 5.41) is 0.877. The maximum atomic E-state index is 12.2. The standard InChI is InChI=1S/C14H17NO3/c1-15(7-8-17-2)9-13(16)12-10-18-14-6-4-3-5-11(12)14/h3-6,10H,7-9H2,1-2H3. The first-order valence-corrected chi connectivity index (χ1v) is 5.89. The van der Waals surface area contributed by atoms with E-state index in [9.17, 15) is 4.79 Å². The Labute approximate surface area is 106 Å². The molecule has 0 aliphatic carbocycles. The molecule has 0 atom stereocenters. The first kappa shape index (κ1) is 12.8. The summed E-state index contributed by atoms with van der Waals surface area (Å²) >= 11 is 0. The van der Waals surface area contributed by atoms with Gasteiger partial charge in [0, 0.05) is 19.0 Å². The normalized spacial score (nSPS) is 11.3. The minimum atomic E-state index is 0.0681. The third-order valence-corrected chi connectivity index (χ3v) is 2.87. The predicted octanol–water partition coefficient (Wildman–Crippen LogP) is 2.19. The number of benzene rings is 1. The van der Waals surface area contributed by atoms with E-state index in [1.807, 2.05) is 36.2 Å². The molecule has 96 valence electrons. The lowest BCUT2D eigenvalue weighted by Crippen LogP contribution is -2.28. The zero-order valence-corrected chi connectivity index (χ0v) is 10.7. The maximum absolute atomic E-state index is 12.2. The van der Waals surface area contributed by atoms with Crippen LogP contribution in [0.4, 0.5) is 0 Å². The van der Waals surface area contributed by atoms with Crippen LogP contribution in [0.5, 0.6) is 0 Å². The molecule has 0 saturated heterocycles. The fraction of sp³-hybridized carbons (Fsp3) is 0.357. The fourth-order valence-electron chi connectivity index (χ4n) is 1.85. The van der Waals surface area contributed by atoms with Gasteiger partial charge in [-0.2, -0.15) is 0 Å². The summed E-state index contributed by atoms with van der Waals surface area (Å²) in [6.07, 6.45) is 1.54. The number of hydrogen-bond acceptors (Lipinski definition) is 4. The number of hydrogen-bond donors (Lipinski definition) is 0. The molecular formula is C14H17NO3. The van der Waals surface area contributed by atoms with Crippen molar-refractivity contribution in [3.05, 3.63) is 36.1 Å². The molecule has 4 heteroatoms. The largest absolute Gasteiger partial charge is 0.464 e. The van der Waals surface area contributed by atoms with Gasteiger partial charge in [0.2, 0.25) is 0 Å². The van der Waals surface area contributed by atoms with E-state index < -0.39 is 0 Å². The Hall–Kier alpha value is -1.65. The van der Waals surface area contributed by atoms with Crippen LogP contribution in [0.15, 0.2) is 34.9 Å². The van der Waals surface area contributed by atoms with E-state index in [1.54, 1.807) is 7.11 Å². The van der Waals surface area contributed by atoms with Gasteiger partial charge in [0.25, 0.3) is 0 Å². The Morgan fingerprint density at radius 1 is 1.39 bits per heavy atom. The second kappa shape index (κ2) is 5.80. The van der Waals surface area contributed by atoms with E-state index >= 15 is 0 Å². The van der Waals surface area contributed by atoms with E-state index in [0.29, 0.717) is 18.7 Å². The third kappa shape index (κ3) is 2.78. The van der Waals surface area contributed by atoms with Gasteiger partial charge in [0.05, 0.1) is 18.7 Å². The van der Waals surface area contributed by atoms with E-state index in [2.05, 4.69) is 0 Å². The lowest BCUT2D eigenvalue weighted by Gasteiger charge is -2.14. The van der Waals surface area contributed by atoms with Crippen molar-refractivity contribution >= 4 is 16.8 Å². The number of fused-ring (bicyclic) bond motifs is 1. The number of Topliss-reactive ketones (excluding diaryl/α,β-unsaturated/α-hetero) is 1. The van der Waals surface area contributed by atoms with E-state index in [1.165, 1.54) is 6.26 Å². The van der Waals surface area contributed by atoms with Crippen LogP contribution in [0.3, 0.4) is 0 Å². The molecular weight excluding hydrogens is 230 g/mol. The molecule has 4 nitrogen and oxygen atoms in total. The Balaban J connectivity index is 2.09. The molecule has 1 aromatic heterocycles.